The van der Waals surface area contributed by atoms with Crippen molar-refractivity contribution in [3.63, 3.8) is 0 Å². The van der Waals surface area contributed by atoms with Crippen LogP contribution in [0.4, 0.5) is 0 Å². The van der Waals surface area contributed by atoms with Crippen LogP contribution in [-0.4, -0.2) is 45.5 Å². The number of nitrogens with zero attached hydrogens (tertiary/aromatic N) is 4. The first-order chi connectivity index (χ1) is 11.2. The highest BCUT2D eigenvalue weighted by Gasteiger charge is 2.35. The van der Waals surface area contributed by atoms with Gasteiger partial charge in [-0.05, 0) is 13.8 Å². The highest BCUT2D eigenvalue weighted by Crippen LogP contribution is 2.16. The van der Waals surface area contributed by atoms with Crippen molar-refractivity contribution in [3.8, 4) is 11.4 Å². The van der Waals surface area contributed by atoms with Crippen LogP contribution in [0, 0.1) is 0 Å². The zero-order chi connectivity index (χ0) is 16.7. The summed E-state index contributed by atoms with van der Waals surface area (Å²) in [5.74, 6) is -2.83. The molecule has 1 aromatic heterocycles. The number of hydrogen-bond donors (Lipinski definition) is 0. The van der Waals surface area contributed by atoms with Crippen molar-refractivity contribution in [1.29, 1.82) is 0 Å². The van der Waals surface area contributed by atoms with Gasteiger partial charge in [0.25, 0.3) is 0 Å². The minimum Gasteiger partial charge on any atom is -0.465 e. The molecule has 1 aromatic carbocycles. The quantitative estimate of drug-likeness (QED) is 0.577. The summed E-state index contributed by atoms with van der Waals surface area (Å²) in [4.78, 5) is 23.9. The summed E-state index contributed by atoms with van der Waals surface area (Å²) in [6.45, 7) is 3.52. The normalized spacial score (nSPS) is 10.4. The van der Waals surface area contributed by atoms with E-state index in [1.165, 1.54) is 0 Å². The summed E-state index contributed by atoms with van der Waals surface area (Å²) in [6, 6.07) is 9.11. The molecular weight excluding hydrogens is 300 g/mol. The largest absolute Gasteiger partial charge is 0.465 e. The van der Waals surface area contributed by atoms with Crippen LogP contribution in [0.1, 0.15) is 25.6 Å². The monoisotopic (exact) mass is 316 g/mol. The number of rotatable bonds is 6. The Morgan fingerprint density at radius 1 is 0.913 bits per heavy atom. The van der Waals surface area contributed by atoms with Crippen LogP contribution in [0.3, 0.4) is 0 Å². The topological polar surface area (TPSA) is 104 Å². The van der Waals surface area contributed by atoms with Gasteiger partial charge in [-0.2, -0.15) is 0 Å². The van der Waals surface area contributed by atoms with Crippen LogP contribution in [-0.2, 0) is 19.1 Å². The van der Waals surface area contributed by atoms with E-state index >= 15 is 0 Å². The molecule has 0 saturated carbocycles. The number of carbonyl (C=O) groups is 2. The molecule has 0 N–H and O–H groups in total. The van der Waals surface area contributed by atoms with E-state index in [4.69, 9.17) is 9.47 Å². The predicted octanol–water partition coefficient (Wildman–Crippen LogP) is 1.14. The predicted molar refractivity (Wildman–Crippen MR) is 79.1 cm³/mol. The molecule has 8 heteroatoms. The molecule has 8 nitrogen and oxygen atoms in total. The van der Waals surface area contributed by atoms with Gasteiger partial charge in [0.05, 0.1) is 13.2 Å². The van der Waals surface area contributed by atoms with Crippen LogP contribution in [0.5, 0.6) is 0 Å². The summed E-state index contributed by atoms with van der Waals surface area (Å²) in [5, 5.41) is 15.5. The number of benzene rings is 1. The number of esters is 2. The molecule has 2 rings (SSSR count). The van der Waals surface area contributed by atoms with Gasteiger partial charge in [-0.3, -0.25) is 9.59 Å². The van der Waals surface area contributed by atoms with Gasteiger partial charge in [0.15, 0.2) is 5.82 Å². The third kappa shape index (κ3) is 4.06. The lowest BCUT2D eigenvalue weighted by atomic mass is 10.1. The lowest BCUT2D eigenvalue weighted by molar-refractivity contribution is -0.157. The van der Waals surface area contributed by atoms with E-state index in [-0.39, 0.29) is 19.0 Å². The SMILES string of the molecule is CCOC(=O)C(C(=O)OCC)c1nnc(-c2ccccc2)nn1. The third-order valence-electron chi connectivity index (χ3n) is 2.83. The molecular formula is C15H16N4O4. The Morgan fingerprint density at radius 2 is 1.43 bits per heavy atom. The first kappa shape index (κ1) is 16.5. The summed E-state index contributed by atoms with van der Waals surface area (Å²) >= 11 is 0. The van der Waals surface area contributed by atoms with Crippen LogP contribution in [0.25, 0.3) is 11.4 Å². The molecule has 0 bridgehead atoms. The van der Waals surface area contributed by atoms with Crippen molar-refractivity contribution in [2.24, 2.45) is 0 Å². The van der Waals surface area contributed by atoms with E-state index in [9.17, 15) is 9.59 Å². The van der Waals surface area contributed by atoms with Gasteiger partial charge >= 0.3 is 11.9 Å². The average Bonchev–Trinajstić information content (AvgIpc) is 2.57. The minimum atomic E-state index is -1.39. The third-order valence-corrected chi connectivity index (χ3v) is 2.83. The van der Waals surface area contributed by atoms with Crippen molar-refractivity contribution in [1.82, 2.24) is 20.4 Å². The van der Waals surface area contributed by atoms with E-state index < -0.39 is 17.9 Å². The molecule has 0 fully saturated rings. The maximum absolute atomic E-state index is 12.0. The molecule has 120 valence electrons. The van der Waals surface area contributed by atoms with Crippen molar-refractivity contribution in [2.75, 3.05) is 13.2 Å². The fourth-order valence-corrected chi connectivity index (χ4v) is 1.81. The summed E-state index contributed by atoms with van der Waals surface area (Å²) < 4.78 is 9.73. The number of ether oxygens (including phenoxy) is 2. The number of carbonyl (C=O) groups excluding carboxylic acids is 2. The molecule has 0 amide bonds. The highest BCUT2D eigenvalue weighted by atomic mass is 16.6. The highest BCUT2D eigenvalue weighted by molar-refractivity contribution is 5.99. The number of hydrogen-bond acceptors (Lipinski definition) is 8. The first-order valence-corrected chi connectivity index (χ1v) is 7.13. The second kappa shape index (κ2) is 7.92. The van der Waals surface area contributed by atoms with Crippen molar-refractivity contribution in [2.45, 2.75) is 19.8 Å². The molecule has 0 radical (unpaired) electrons. The zero-order valence-electron chi connectivity index (χ0n) is 12.8. The van der Waals surface area contributed by atoms with Gasteiger partial charge < -0.3 is 9.47 Å². The smallest absolute Gasteiger partial charge is 0.328 e. The van der Waals surface area contributed by atoms with E-state index in [1.807, 2.05) is 18.2 Å². The van der Waals surface area contributed by atoms with Gasteiger partial charge in [0, 0.05) is 5.56 Å². The summed E-state index contributed by atoms with van der Waals surface area (Å²) in [5.41, 5.74) is 0.725. The Morgan fingerprint density at radius 3 is 1.91 bits per heavy atom. The summed E-state index contributed by atoms with van der Waals surface area (Å²) in [6.07, 6.45) is 0. The maximum Gasteiger partial charge on any atom is 0.328 e. The van der Waals surface area contributed by atoms with E-state index in [0.29, 0.717) is 5.82 Å². The Labute approximate surface area is 132 Å². The second-order valence-electron chi connectivity index (χ2n) is 4.38. The average molecular weight is 316 g/mol. The fourth-order valence-electron chi connectivity index (χ4n) is 1.81. The Bertz CT molecular complexity index is 643. The van der Waals surface area contributed by atoms with Crippen molar-refractivity contribution in [3.05, 3.63) is 36.2 Å². The molecule has 1 heterocycles. The molecule has 0 spiro atoms. The molecule has 0 atom stereocenters. The molecule has 0 aliphatic carbocycles. The zero-order valence-corrected chi connectivity index (χ0v) is 12.8. The van der Waals surface area contributed by atoms with Gasteiger partial charge in [-0.15, -0.1) is 20.4 Å². The van der Waals surface area contributed by atoms with Crippen LogP contribution >= 0.6 is 0 Å². The van der Waals surface area contributed by atoms with Gasteiger partial charge in [-0.1, -0.05) is 30.3 Å². The molecule has 2 aromatic rings. The van der Waals surface area contributed by atoms with E-state index in [2.05, 4.69) is 20.4 Å². The first-order valence-electron chi connectivity index (χ1n) is 7.13. The molecule has 0 aliphatic rings. The Hall–Kier alpha value is -2.90. The summed E-state index contributed by atoms with van der Waals surface area (Å²) in [7, 11) is 0. The lowest BCUT2D eigenvalue weighted by Gasteiger charge is -2.12. The maximum atomic E-state index is 12.0. The minimum absolute atomic E-state index is 0.123. The molecule has 0 saturated heterocycles. The standard InChI is InChI=1S/C15H16N4O4/c1-3-22-14(20)11(15(21)23-4-2)13-18-16-12(17-19-13)10-8-6-5-7-9-10/h5-9,11H,3-4H2,1-2H3. The molecule has 0 aliphatic heterocycles. The van der Waals surface area contributed by atoms with E-state index in [0.717, 1.165) is 5.56 Å². The van der Waals surface area contributed by atoms with Crippen LogP contribution in [0.15, 0.2) is 30.3 Å². The Kier molecular flexibility index (Phi) is 5.67. The molecule has 23 heavy (non-hydrogen) atoms. The van der Waals surface area contributed by atoms with Crippen molar-refractivity contribution >= 4 is 11.9 Å². The van der Waals surface area contributed by atoms with Crippen LogP contribution in [0.2, 0.25) is 0 Å². The van der Waals surface area contributed by atoms with E-state index in [1.54, 1.807) is 26.0 Å². The van der Waals surface area contributed by atoms with Gasteiger partial charge in [-0.25, -0.2) is 0 Å². The molecule has 0 unspecified atom stereocenters. The lowest BCUT2D eigenvalue weighted by Crippen LogP contribution is -2.28. The Balaban J connectivity index is 2.28. The van der Waals surface area contributed by atoms with Crippen molar-refractivity contribution < 1.29 is 19.1 Å². The van der Waals surface area contributed by atoms with Gasteiger partial charge in [0.1, 0.15) is 0 Å². The second-order valence-corrected chi connectivity index (χ2v) is 4.38. The number of aromatic nitrogens is 4. The van der Waals surface area contributed by atoms with Crippen LogP contribution < -0.4 is 0 Å². The van der Waals surface area contributed by atoms with Gasteiger partial charge in [0.2, 0.25) is 11.7 Å². The fraction of sp³-hybridized carbons (Fsp3) is 0.333.